The van der Waals surface area contributed by atoms with E-state index in [-0.39, 0.29) is 11.6 Å². The minimum absolute atomic E-state index is 0.204. The van der Waals surface area contributed by atoms with Gasteiger partial charge in [0, 0.05) is 6.54 Å². The second kappa shape index (κ2) is 5.21. The molecule has 0 saturated heterocycles. The molecule has 1 heterocycles. The molecule has 0 radical (unpaired) electrons. The Bertz CT molecular complexity index is 487. The van der Waals surface area contributed by atoms with Crippen LogP contribution < -0.4 is 10.5 Å². The summed E-state index contributed by atoms with van der Waals surface area (Å²) in [5, 5.41) is 0.204. The smallest absolute Gasteiger partial charge is 0.168 e. The van der Waals surface area contributed by atoms with Crippen molar-refractivity contribution in [1.82, 2.24) is 0 Å². The maximum atomic E-state index is 12.9. The SMILES string of the molecule is NCC(Oc1ccc(F)cc1Cl)c1ccco1. The Hall–Kier alpha value is -1.52. The molecule has 0 aliphatic rings. The molecule has 2 N–H and O–H groups in total. The van der Waals surface area contributed by atoms with Gasteiger partial charge in [-0.1, -0.05) is 11.6 Å². The Morgan fingerprint density at radius 1 is 1.41 bits per heavy atom. The molecule has 1 atom stereocenters. The van der Waals surface area contributed by atoms with Gasteiger partial charge in [-0.3, -0.25) is 0 Å². The van der Waals surface area contributed by atoms with Crippen LogP contribution in [0.1, 0.15) is 11.9 Å². The minimum atomic E-state index is -0.437. The molecule has 0 saturated carbocycles. The van der Waals surface area contributed by atoms with Crippen molar-refractivity contribution in [3.63, 3.8) is 0 Å². The molecule has 2 rings (SSSR count). The van der Waals surface area contributed by atoms with Crippen molar-refractivity contribution in [3.8, 4) is 5.75 Å². The number of rotatable bonds is 4. The fourth-order valence-electron chi connectivity index (χ4n) is 1.42. The van der Waals surface area contributed by atoms with E-state index < -0.39 is 11.9 Å². The highest BCUT2D eigenvalue weighted by Gasteiger charge is 2.16. The summed E-state index contributed by atoms with van der Waals surface area (Å²) in [6, 6.07) is 7.43. The number of furan rings is 1. The topological polar surface area (TPSA) is 48.4 Å². The maximum Gasteiger partial charge on any atom is 0.168 e. The van der Waals surface area contributed by atoms with Gasteiger partial charge in [-0.15, -0.1) is 0 Å². The first-order valence-corrected chi connectivity index (χ1v) is 5.43. The lowest BCUT2D eigenvalue weighted by Gasteiger charge is -2.16. The molecule has 0 spiro atoms. The summed E-state index contributed by atoms with van der Waals surface area (Å²) in [6.07, 6.45) is 1.10. The van der Waals surface area contributed by atoms with Crippen LogP contribution in [-0.2, 0) is 0 Å². The summed E-state index contributed by atoms with van der Waals surface area (Å²) >= 11 is 5.86. The lowest BCUT2D eigenvalue weighted by atomic mass is 10.2. The third-order valence-electron chi connectivity index (χ3n) is 2.24. The predicted molar refractivity (Wildman–Crippen MR) is 62.5 cm³/mol. The third-order valence-corrected chi connectivity index (χ3v) is 2.53. The molecule has 1 unspecified atom stereocenters. The summed E-state index contributed by atoms with van der Waals surface area (Å²) in [6.45, 7) is 0.237. The van der Waals surface area contributed by atoms with Crippen LogP contribution in [0.25, 0.3) is 0 Å². The van der Waals surface area contributed by atoms with E-state index in [0.717, 1.165) is 0 Å². The standard InChI is InChI=1S/C12H11ClFNO2/c13-9-6-8(14)3-4-10(9)17-12(7-15)11-2-1-5-16-11/h1-6,12H,7,15H2. The average molecular weight is 256 g/mol. The lowest BCUT2D eigenvalue weighted by Crippen LogP contribution is -2.18. The Labute approximate surface area is 103 Å². The van der Waals surface area contributed by atoms with Crippen LogP contribution >= 0.6 is 11.6 Å². The van der Waals surface area contributed by atoms with Crippen LogP contribution in [0.2, 0.25) is 5.02 Å². The van der Waals surface area contributed by atoms with E-state index in [4.69, 9.17) is 26.5 Å². The van der Waals surface area contributed by atoms with Crippen molar-refractivity contribution in [2.75, 3.05) is 6.54 Å². The van der Waals surface area contributed by atoms with Gasteiger partial charge >= 0.3 is 0 Å². The van der Waals surface area contributed by atoms with Crippen LogP contribution in [-0.4, -0.2) is 6.54 Å². The van der Waals surface area contributed by atoms with E-state index >= 15 is 0 Å². The summed E-state index contributed by atoms with van der Waals surface area (Å²) in [5.74, 6) is 0.567. The number of benzene rings is 1. The largest absolute Gasteiger partial charge is 0.480 e. The van der Waals surface area contributed by atoms with Crippen LogP contribution in [0.4, 0.5) is 4.39 Å². The van der Waals surface area contributed by atoms with E-state index in [9.17, 15) is 4.39 Å². The number of halogens is 2. The maximum absolute atomic E-state index is 12.9. The molecular weight excluding hydrogens is 245 g/mol. The normalized spacial score (nSPS) is 12.4. The predicted octanol–water partition coefficient (Wildman–Crippen LogP) is 3.15. The molecule has 17 heavy (non-hydrogen) atoms. The van der Waals surface area contributed by atoms with Crippen LogP contribution in [0, 0.1) is 5.82 Å². The van der Waals surface area contributed by atoms with Crippen molar-refractivity contribution in [2.45, 2.75) is 6.10 Å². The van der Waals surface area contributed by atoms with E-state index in [1.807, 2.05) is 0 Å². The van der Waals surface area contributed by atoms with Crippen LogP contribution in [0.3, 0.4) is 0 Å². The van der Waals surface area contributed by atoms with E-state index in [1.54, 1.807) is 12.1 Å². The molecule has 0 aliphatic heterocycles. The highest BCUT2D eigenvalue weighted by atomic mass is 35.5. The second-order valence-electron chi connectivity index (χ2n) is 3.43. The molecule has 0 aliphatic carbocycles. The van der Waals surface area contributed by atoms with Crippen molar-refractivity contribution < 1.29 is 13.5 Å². The van der Waals surface area contributed by atoms with Crippen LogP contribution in [0.5, 0.6) is 5.75 Å². The molecule has 0 fully saturated rings. The fraction of sp³-hybridized carbons (Fsp3) is 0.167. The number of hydrogen-bond donors (Lipinski definition) is 1. The highest BCUT2D eigenvalue weighted by molar-refractivity contribution is 6.32. The first-order valence-electron chi connectivity index (χ1n) is 5.06. The zero-order valence-electron chi connectivity index (χ0n) is 8.90. The van der Waals surface area contributed by atoms with Crippen LogP contribution in [0.15, 0.2) is 41.0 Å². The lowest BCUT2D eigenvalue weighted by molar-refractivity contribution is 0.184. The Morgan fingerprint density at radius 3 is 2.82 bits per heavy atom. The Kier molecular flexibility index (Phi) is 3.66. The molecule has 3 nitrogen and oxygen atoms in total. The number of hydrogen-bond acceptors (Lipinski definition) is 3. The molecule has 90 valence electrons. The third kappa shape index (κ3) is 2.78. The molecule has 1 aromatic carbocycles. The van der Waals surface area contributed by atoms with Crippen molar-refractivity contribution in [3.05, 3.63) is 53.2 Å². The fourth-order valence-corrected chi connectivity index (χ4v) is 1.63. The minimum Gasteiger partial charge on any atom is -0.480 e. The van der Waals surface area contributed by atoms with E-state index in [0.29, 0.717) is 11.5 Å². The van der Waals surface area contributed by atoms with Gasteiger partial charge in [-0.25, -0.2) is 4.39 Å². The quantitative estimate of drug-likeness (QED) is 0.913. The van der Waals surface area contributed by atoms with E-state index in [1.165, 1.54) is 24.5 Å². The summed E-state index contributed by atoms with van der Waals surface area (Å²) in [5.41, 5.74) is 5.59. The van der Waals surface area contributed by atoms with Gasteiger partial charge in [0.15, 0.2) is 6.10 Å². The zero-order valence-corrected chi connectivity index (χ0v) is 9.65. The molecule has 1 aromatic heterocycles. The average Bonchev–Trinajstić information content (AvgIpc) is 2.81. The summed E-state index contributed by atoms with van der Waals surface area (Å²) in [4.78, 5) is 0. The molecular formula is C12H11ClFNO2. The van der Waals surface area contributed by atoms with Gasteiger partial charge in [0.2, 0.25) is 0 Å². The number of nitrogens with two attached hydrogens (primary N) is 1. The second-order valence-corrected chi connectivity index (χ2v) is 3.84. The van der Waals surface area contributed by atoms with Crippen molar-refractivity contribution in [1.29, 1.82) is 0 Å². The molecule has 5 heteroatoms. The monoisotopic (exact) mass is 255 g/mol. The van der Waals surface area contributed by atoms with Crippen molar-refractivity contribution >= 4 is 11.6 Å². The first kappa shape index (κ1) is 12.0. The van der Waals surface area contributed by atoms with Crippen molar-refractivity contribution in [2.24, 2.45) is 5.73 Å². The number of ether oxygens (including phenoxy) is 1. The van der Waals surface area contributed by atoms with Gasteiger partial charge < -0.3 is 14.9 Å². The molecule has 0 amide bonds. The summed E-state index contributed by atoms with van der Waals surface area (Å²) in [7, 11) is 0. The van der Waals surface area contributed by atoms with Gasteiger partial charge in [0.25, 0.3) is 0 Å². The van der Waals surface area contributed by atoms with Gasteiger partial charge in [-0.2, -0.15) is 0 Å². The Morgan fingerprint density at radius 2 is 2.24 bits per heavy atom. The van der Waals surface area contributed by atoms with Gasteiger partial charge in [0.05, 0.1) is 11.3 Å². The molecule has 2 aromatic rings. The Balaban J connectivity index is 2.19. The van der Waals surface area contributed by atoms with Gasteiger partial charge in [0.1, 0.15) is 17.3 Å². The molecule has 0 bridgehead atoms. The van der Waals surface area contributed by atoms with E-state index in [2.05, 4.69) is 0 Å². The van der Waals surface area contributed by atoms with Gasteiger partial charge in [-0.05, 0) is 30.3 Å². The first-order chi connectivity index (χ1) is 8.20. The highest BCUT2D eigenvalue weighted by Crippen LogP contribution is 2.29. The summed E-state index contributed by atoms with van der Waals surface area (Å²) < 4.78 is 23.6. The zero-order chi connectivity index (χ0) is 12.3.